The van der Waals surface area contributed by atoms with Gasteiger partial charge < -0.3 is 5.32 Å². The summed E-state index contributed by atoms with van der Waals surface area (Å²) in [6.07, 6.45) is 3.67. The van der Waals surface area contributed by atoms with E-state index < -0.39 is 0 Å². The highest BCUT2D eigenvalue weighted by molar-refractivity contribution is 7.15. The monoisotopic (exact) mass is 417 g/mol. The SMILES string of the molecule is Cc1ccn([C@@H](C)c2nnc(Nc3ccn(Cc4c(F)cccc4Cl)n3)s2)n1. The largest absolute Gasteiger partial charge is 0.313 e. The third-order valence-corrected chi connectivity index (χ3v) is 5.56. The molecule has 0 aliphatic rings. The third-order valence-electron chi connectivity index (χ3n) is 4.19. The summed E-state index contributed by atoms with van der Waals surface area (Å²) in [5.74, 6) is 0.242. The molecule has 0 saturated carbocycles. The van der Waals surface area contributed by atoms with Gasteiger partial charge in [-0.2, -0.15) is 10.2 Å². The van der Waals surface area contributed by atoms with Gasteiger partial charge in [-0.25, -0.2) is 4.39 Å². The lowest BCUT2D eigenvalue weighted by Crippen LogP contribution is -2.07. The zero-order valence-corrected chi connectivity index (χ0v) is 16.7. The molecule has 10 heteroatoms. The van der Waals surface area contributed by atoms with Crippen molar-refractivity contribution < 1.29 is 4.39 Å². The van der Waals surface area contributed by atoms with Crippen LogP contribution >= 0.6 is 22.9 Å². The van der Waals surface area contributed by atoms with E-state index in [0.29, 0.717) is 21.5 Å². The number of nitrogens with zero attached hydrogens (tertiary/aromatic N) is 6. The highest BCUT2D eigenvalue weighted by atomic mass is 35.5. The minimum atomic E-state index is -0.353. The Morgan fingerprint density at radius 3 is 2.79 bits per heavy atom. The third kappa shape index (κ3) is 3.90. The second-order valence-corrected chi connectivity index (χ2v) is 7.70. The zero-order valence-electron chi connectivity index (χ0n) is 15.2. The molecule has 144 valence electrons. The first-order valence-corrected chi connectivity index (χ1v) is 9.77. The Morgan fingerprint density at radius 2 is 2.04 bits per heavy atom. The lowest BCUT2D eigenvalue weighted by atomic mass is 10.2. The van der Waals surface area contributed by atoms with E-state index in [1.165, 1.54) is 17.4 Å². The molecule has 4 rings (SSSR count). The van der Waals surface area contributed by atoms with Gasteiger partial charge in [-0.1, -0.05) is 29.0 Å². The van der Waals surface area contributed by atoms with Crippen molar-refractivity contribution in [3.8, 4) is 0 Å². The molecule has 4 aromatic rings. The van der Waals surface area contributed by atoms with Crippen LogP contribution < -0.4 is 5.32 Å². The summed E-state index contributed by atoms with van der Waals surface area (Å²) in [5, 5.41) is 22.2. The number of anilines is 2. The van der Waals surface area contributed by atoms with Gasteiger partial charge in [-0.05, 0) is 32.0 Å². The van der Waals surface area contributed by atoms with Crippen LogP contribution in [0.4, 0.5) is 15.3 Å². The van der Waals surface area contributed by atoms with E-state index >= 15 is 0 Å². The fourth-order valence-electron chi connectivity index (χ4n) is 2.69. The molecule has 7 nitrogen and oxygen atoms in total. The van der Waals surface area contributed by atoms with Crippen LogP contribution in [0, 0.1) is 12.7 Å². The highest BCUT2D eigenvalue weighted by Crippen LogP contribution is 2.26. The molecule has 0 saturated heterocycles. The molecular weight excluding hydrogens is 401 g/mol. The number of hydrogen-bond acceptors (Lipinski definition) is 6. The summed E-state index contributed by atoms with van der Waals surface area (Å²) in [6, 6.07) is 8.35. The summed E-state index contributed by atoms with van der Waals surface area (Å²) in [4.78, 5) is 0. The van der Waals surface area contributed by atoms with Crippen LogP contribution in [0.25, 0.3) is 0 Å². The average molecular weight is 418 g/mol. The van der Waals surface area contributed by atoms with E-state index in [4.69, 9.17) is 11.6 Å². The smallest absolute Gasteiger partial charge is 0.211 e. The topological polar surface area (TPSA) is 73.5 Å². The Balaban J connectivity index is 1.45. The average Bonchev–Trinajstić information content (AvgIpc) is 3.40. The van der Waals surface area contributed by atoms with Gasteiger partial charge in [0.2, 0.25) is 5.13 Å². The molecule has 0 aliphatic heterocycles. The van der Waals surface area contributed by atoms with Crippen LogP contribution in [-0.4, -0.2) is 29.8 Å². The lowest BCUT2D eigenvalue weighted by Gasteiger charge is -2.07. The highest BCUT2D eigenvalue weighted by Gasteiger charge is 2.15. The van der Waals surface area contributed by atoms with Crippen LogP contribution in [0.5, 0.6) is 0 Å². The summed E-state index contributed by atoms with van der Waals surface area (Å²) < 4.78 is 17.4. The molecule has 1 N–H and O–H groups in total. The summed E-state index contributed by atoms with van der Waals surface area (Å²) in [6.45, 7) is 4.20. The standard InChI is InChI=1S/C18H17ClFN7S/c1-11-6-9-27(24-11)12(2)17-22-23-18(28-17)21-16-7-8-26(25-16)10-13-14(19)4-3-5-15(13)20/h3-9,12H,10H2,1-2H3,(H,21,23,25)/t12-/m0/s1. The molecule has 0 unspecified atom stereocenters. The maximum atomic E-state index is 13.9. The second-order valence-electron chi connectivity index (χ2n) is 6.28. The molecule has 0 aliphatic carbocycles. The predicted molar refractivity (Wildman–Crippen MR) is 107 cm³/mol. The Morgan fingerprint density at radius 1 is 1.18 bits per heavy atom. The van der Waals surface area contributed by atoms with Crippen LogP contribution in [0.2, 0.25) is 5.02 Å². The van der Waals surface area contributed by atoms with Gasteiger partial charge in [0, 0.05) is 29.0 Å². The Kier molecular flexibility index (Phi) is 5.10. The molecule has 1 atom stereocenters. The zero-order chi connectivity index (χ0) is 19.7. The molecule has 1 aromatic carbocycles. The normalized spacial score (nSPS) is 12.3. The number of aryl methyl sites for hydroxylation is 1. The number of aromatic nitrogens is 6. The van der Waals surface area contributed by atoms with E-state index in [-0.39, 0.29) is 18.4 Å². The van der Waals surface area contributed by atoms with Gasteiger partial charge in [0.05, 0.1) is 12.2 Å². The number of hydrogen-bond donors (Lipinski definition) is 1. The molecule has 0 amide bonds. The Labute approximate surface area is 169 Å². The molecule has 0 radical (unpaired) electrons. The minimum absolute atomic E-state index is 0.0116. The second kappa shape index (κ2) is 7.69. The number of benzene rings is 1. The van der Waals surface area contributed by atoms with Gasteiger partial charge in [0.15, 0.2) is 5.82 Å². The quantitative estimate of drug-likeness (QED) is 0.502. The van der Waals surface area contributed by atoms with Gasteiger partial charge >= 0.3 is 0 Å². The maximum absolute atomic E-state index is 13.9. The molecule has 3 heterocycles. The Bertz CT molecular complexity index is 1080. The molecule has 28 heavy (non-hydrogen) atoms. The van der Waals surface area contributed by atoms with Crippen molar-refractivity contribution in [2.45, 2.75) is 26.4 Å². The lowest BCUT2D eigenvalue weighted by molar-refractivity contribution is 0.554. The van der Waals surface area contributed by atoms with E-state index in [0.717, 1.165) is 10.7 Å². The predicted octanol–water partition coefficient (Wildman–Crippen LogP) is 4.43. The van der Waals surface area contributed by atoms with Gasteiger partial charge in [-0.15, -0.1) is 10.2 Å². The van der Waals surface area contributed by atoms with Gasteiger partial charge in [0.25, 0.3) is 0 Å². The van der Waals surface area contributed by atoms with Crippen molar-refractivity contribution in [3.05, 3.63) is 69.8 Å². The first-order valence-electron chi connectivity index (χ1n) is 8.58. The van der Waals surface area contributed by atoms with Crippen LogP contribution in [0.1, 0.15) is 29.2 Å². The van der Waals surface area contributed by atoms with Gasteiger partial charge in [-0.3, -0.25) is 9.36 Å². The van der Waals surface area contributed by atoms with E-state index in [9.17, 15) is 4.39 Å². The summed E-state index contributed by atoms with van der Waals surface area (Å²) >= 11 is 7.51. The first kappa shape index (κ1) is 18.6. The van der Waals surface area contributed by atoms with Crippen molar-refractivity contribution in [1.29, 1.82) is 0 Å². The molecule has 0 bridgehead atoms. The van der Waals surface area contributed by atoms with E-state index in [1.54, 1.807) is 29.1 Å². The Hall–Kier alpha value is -2.78. The maximum Gasteiger partial charge on any atom is 0.211 e. The molecule has 3 aromatic heterocycles. The fraction of sp³-hybridized carbons (Fsp3) is 0.222. The number of halogens is 2. The van der Waals surface area contributed by atoms with Gasteiger partial charge in [0.1, 0.15) is 16.9 Å². The summed E-state index contributed by atoms with van der Waals surface area (Å²) in [5.41, 5.74) is 1.36. The number of rotatable bonds is 6. The van der Waals surface area contributed by atoms with E-state index in [2.05, 4.69) is 25.7 Å². The number of nitrogens with one attached hydrogen (secondary N) is 1. The molecule has 0 fully saturated rings. The molecule has 0 spiro atoms. The fourth-order valence-corrected chi connectivity index (χ4v) is 3.71. The minimum Gasteiger partial charge on any atom is -0.313 e. The van der Waals surface area contributed by atoms with Crippen LogP contribution in [-0.2, 0) is 6.54 Å². The van der Waals surface area contributed by atoms with Crippen LogP contribution in [0.15, 0.2) is 42.7 Å². The van der Waals surface area contributed by atoms with Crippen molar-refractivity contribution in [3.63, 3.8) is 0 Å². The molecular formula is C18H17ClFN7S. The first-order chi connectivity index (χ1) is 13.5. The van der Waals surface area contributed by atoms with Crippen molar-refractivity contribution in [2.24, 2.45) is 0 Å². The van der Waals surface area contributed by atoms with Crippen LogP contribution in [0.3, 0.4) is 0 Å². The van der Waals surface area contributed by atoms with Crippen molar-refractivity contribution in [1.82, 2.24) is 29.8 Å². The van der Waals surface area contributed by atoms with Crippen molar-refractivity contribution in [2.75, 3.05) is 5.32 Å². The van der Waals surface area contributed by atoms with E-state index in [1.807, 2.05) is 30.8 Å². The van der Waals surface area contributed by atoms with Crippen molar-refractivity contribution >= 4 is 33.9 Å². The summed E-state index contributed by atoms with van der Waals surface area (Å²) in [7, 11) is 0.